The molecule has 1 aliphatic rings. The number of hydrogen-bond acceptors (Lipinski definition) is 3. The van der Waals surface area contributed by atoms with Gasteiger partial charge in [-0.1, -0.05) is 0 Å². The number of carbonyl (C=O) groups is 1. The Hall–Kier alpha value is -0.610. The lowest BCUT2D eigenvalue weighted by molar-refractivity contribution is -0.123. The van der Waals surface area contributed by atoms with E-state index < -0.39 is 0 Å². The molecule has 0 spiro atoms. The van der Waals surface area contributed by atoms with Crippen molar-refractivity contribution in [2.75, 3.05) is 13.7 Å². The molecule has 0 saturated heterocycles. The van der Waals surface area contributed by atoms with Gasteiger partial charge in [-0.05, 0) is 26.8 Å². The number of nitrogens with two attached hydrogens (primary N) is 1. The van der Waals surface area contributed by atoms with Crippen LogP contribution in [0.5, 0.6) is 0 Å². The van der Waals surface area contributed by atoms with Crippen LogP contribution in [0.1, 0.15) is 26.2 Å². The van der Waals surface area contributed by atoms with E-state index >= 15 is 0 Å². The standard InChI is InChI=1S/C9H18N2O2/c1-3-13-7-4-9(5-7,11-2)6-8(10)12/h7,11H,3-6H2,1-2H3,(H2,10,12). The molecule has 0 bridgehead atoms. The van der Waals surface area contributed by atoms with E-state index in [1.165, 1.54) is 0 Å². The number of nitrogens with one attached hydrogen (secondary N) is 1. The van der Waals surface area contributed by atoms with Crippen LogP contribution in [0.2, 0.25) is 0 Å². The molecule has 1 rings (SSSR count). The SMILES string of the molecule is CCOC1CC(CC(N)=O)(NC)C1. The van der Waals surface area contributed by atoms with Crippen molar-refractivity contribution in [2.24, 2.45) is 5.73 Å². The number of primary amides is 1. The number of rotatable bonds is 5. The Bertz CT molecular complexity index is 188. The quantitative estimate of drug-likeness (QED) is 0.636. The van der Waals surface area contributed by atoms with Crippen molar-refractivity contribution in [3.05, 3.63) is 0 Å². The summed E-state index contributed by atoms with van der Waals surface area (Å²) >= 11 is 0. The molecule has 1 amide bonds. The summed E-state index contributed by atoms with van der Waals surface area (Å²) in [6.45, 7) is 2.72. The van der Waals surface area contributed by atoms with Crippen molar-refractivity contribution in [3.63, 3.8) is 0 Å². The Balaban J connectivity index is 2.36. The zero-order valence-electron chi connectivity index (χ0n) is 8.30. The van der Waals surface area contributed by atoms with E-state index in [0.29, 0.717) is 12.5 Å². The van der Waals surface area contributed by atoms with Crippen molar-refractivity contribution in [2.45, 2.75) is 37.8 Å². The fourth-order valence-electron chi connectivity index (χ4n) is 1.94. The highest BCUT2D eigenvalue weighted by molar-refractivity contribution is 5.75. The molecule has 1 aliphatic carbocycles. The lowest BCUT2D eigenvalue weighted by atomic mass is 9.72. The van der Waals surface area contributed by atoms with Crippen LogP contribution >= 0.6 is 0 Å². The summed E-state index contributed by atoms with van der Waals surface area (Å²) < 4.78 is 5.42. The summed E-state index contributed by atoms with van der Waals surface area (Å²) in [4.78, 5) is 10.8. The van der Waals surface area contributed by atoms with Crippen LogP contribution in [0.25, 0.3) is 0 Å². The van der Waals surface area contributed by atoms with Crippen LogP contribution in [0.3, 0.4) is 0 Å². The molecule has 0 unspecified atom stereocenters. The maximum absolute atomic E-state index is 10.8. The van der Waals surface area contributed by atoms with Gasteiger partial charge in [-0.15, -0.1) is 0 Å². The molecule has 1 saturated carbocycles. The first kappa shape index (κ1) is 10.5. The van der Waals surface area contributed by atoms with Gasteiger partial charge >= 0.3 is 0 Å². The molecule has 4 nitrogen and oxygen atoms in total. The third kappa shape index (κ3) is 2.42. The second-order valence-electron chi connectivity index (χ2n) is 3.66. The van der Waals surface area contributed by atoms with Gasteiger partial charge in [0.2, 0.25) is 5.91 Å². The normalized spacial score (nSPS) is 32.6. The van der Waals surface area contributed by atoms with Crippen molar-refractivity contribution >= 4 is 5.91 Å². The molecule has 0 aliphatic heterocycles. The zero-order valence-corrected chi connectivity index (χ0v) is 8.30. The Morgan fingerprint density at radius 1 is 1.69 bits per heavy atom. The van der Waals surface area contributed by atoms with Crippen LogP contribution < -0.4 is 11.1 Å². The van der Waals surface area contributed by atoms with Gasteiger partial charge in [0.15, 0.2) is 0 Å². The third-order valence-corrected chi connectivity index (χ3v) is 2.68. The van der Waals surface area contributed by atoms with Gasteiger partial charge in [0.25, 0.3) is 0 Å². The summed E-state index contributed by atoms with van der Waals surface area (Å²) in [5, 5.41) is 3.15. The number of hydrogen-bond donors (Lipinski definition) is 2. The molecule has 0 heterocycles. The van der Waals surface area contributed by atoms with Crippen molar-refractivity contribution < 1.29 is 9.53 Å². The highest BCUT2D eigenvalue weighted by Crippen LogP contribution is 2.36. The number of amides is 1. The first-order chi connectivity index (χ1) is 6.12. The first-order valence-corrected chi connectivity index (χ1v) is 4.70. The average molecular weight is 186 g/mol. The van der Waals surface area contributed by atoms with Crippen LogP contribution in [-0.4, -0.2) is 31.2 Å². The summed E-state index contributed by atoms with van der Waals surface area (Å²) in [7, 11) is 1.87. The molecule has 4 heteroatoms. The Morgan fingerprint density at radius 3 is 2.69 bits per heavy atom. The van der Waals surface area contributed by atoms with Crippen molar-refractivity contribution in [3.8, 4) is 0 Å². The molecule has 3 N–H and O–H groups in total. The molecule has 76 valence electrons. The molecular formula is C9H18N2O2. The Morgan fingerprint density at radius 2 is 2.31 bits per heavy atom. The highest BCUT2D eigenvalue weighted by atomic mass is 16.5. The lowest BCUT2D eigenvalue weighted by Crippen LogP contribution is -2.58. The van der Waals surface area contributed by atoms with Gasteiger partial charge < -0.3 is 15.8 Å². The van der Waals surface area contributed by atoms with Crippen LogP contribution in [-0.2, 0) is 9.53 Å². The topological polar surface area (TPSA) is 64.3 Å². The Kier molecular flexibility index (Phi) is 3.27. The van der Waals surface area contributed by atoms with Crippen LogP contribution in [0, 0.1) is 0 Å². The minimum Gasteiger partial charge on any atom is -0.378 e. The van der Waals surface area contributed by atoms with Crippen molar-refractivity contribution in [1.82, 2.24) is 5.32 Å². The van der Waals surface area contributed by atoms with Gasteiger partial charge in [0.05, 0.1) is 6.10 Å². The van der Waals surface area contributed by atoms with Gasteiger partial charge in [-0.3, -0.25) is 4.79 Å². The molecule has 0 aromatic rings. The minimum atomic E-state index is -0.246. The van der Waals surface area contributed by atoms with Gasteiger partial charge in [-0.2, -0.15) is 0 Å². The fourth-order valence-corrected chi connectivity index (χ4v) is 1.94. The lowest BCUT2D eigenvalue weighted by Gasteiger charge is -2.46. The van der Waals surface area contributed by atoms with E-state index in [4.69, 9.17) is 10.5 Å². The third-order valence-electron chi connectivity index (χ3n) is 2.68. The van der Waals surface area contributed by atoms with Gasteiger partial charge in [-0.25, -0.2) is 0 Å². The molecule has 13 heavy (non-hydrogen) atoms. The average Bonchev–Trinajstić information content (AvgIpc) is 1.99. The summed E-state index contributed by atoms with van der Waals surface area (Å²) in [6.07, 6.45) is 2.49. The second-order valence-corrected chi connectivity index (χ2v) is 3.66. The molecular weight excluding hydrogens is 168 g/mol. The minimum absolute atomic E-state index is 0.0916. The largest absolute Gasteiger partial charge is 0.378 e. The van der Waals surface area contributed by atoms with E-state index in [9.17, 15) is 4.79 Å². The molecule has 1 fully saturated rings. The maximum Gasteiger partial charge on any atom is 0.219 e. The van der Waals surface area contributed by atoms with E-state index in [0.717, 1.165) is 19.4 Å². The van der Waals surface area contributed by atoms with Crippen molar-refractivity contribution in [1.29, 1.82) is 0 Å². The van der Waals surface area contributed by atoms with Crippen LogP contribution in [0.4, 0.5) is 0 Å². The summed E-state index contributed by atoms with van der Waals surface area (Å²) in [6, 6.07) is 0. The summed E-state index contributed by atoms with van der Waals surface area (Å²) in [5.74, 6) is -0.246. The number of carbonyl (C=O) groups excluding carboxylic acids is 1. The first-order valence-electron chi connectivity index (χ1n) is 4.70. The molecule has 0 radical (unpaired) electrons. The monoisotopic (exact) mass is 186 g/mol. The van der Waals surface area contributed by atoms with E-state index in [2.05, 4.69) is 5.32 Å². The van der Waals surface area contributed by atoms with Crippen LogP contribution in [0.15, 0.2) is 0 Å². The molecule has 0 atom stereocenters. The predicted molar refractivity (Wildman–Crippen MR) is 50.3 cm³/mol. The highest BCUT2D eigenvalue weighted by Gasteiger charge is 2.44. The van der Waals surface area contributed by atoms with E-state index in [1.807, 2.05) is 14.0 Å². The van der Waals surface area contributed by atoms with E-state index in [1.54, 1.807) is 0 Å². The van der Waals surface area contributed by atoms with Gasteiger partial charge in [0.1, 0.15) is 0 Å². The molecule has 0 aromatic carbocycles. The smallest absolute Gasteiger partial charge is 0.219 e. The number of ether oxygens (including phenoxy) is 1. The Labute approximate surface area is 78.8 Å². The predicted octanol–water partition coefficient (Wildman–Crippen LogP) is 0.0189. The fraction of sp³-hybridized carbons (Fsp3) is 0.889. The second kappa shape index (κ2) is 4.07. The molecule has 0 aromatic heterocycles. The summed E-state index contributed by atoms with van der Waals surface area (Å²) in [5.41, 5.74) is 5.07. The maximum atomic E-state index is 10.8. The zero-order chi connectivity index (χ0) is 9.90. The van der Waals surface area contributed by atoms with E-state index in [-0.39, 0.29) is 11.4 Å². The van der Waals surface area contributed by atoms with Gasteiger partial charge in [0, 0.05) is 18.6 Å².